The Labute approximate surface area is 193 Å². The maximum atomic E-state index is 14.7. The highest BCUT2D eigenvalue weighted by molar-refractivity contribution is 7.92. The number of benzene rings is 3. The Kier molecular flexibility index (Phi) is 5.68. The van der Waals surface area contributed by atoms with Crippen LogP contribution in [0.15, 0.2) is 47.4 Å². The van der Waals surface area contributed by atoms with E-state index in [-0.39, 0.29) is 11.1 Å². The van der Waals surface area contributed by atoms with Crippen molar-refractivity contribution < 1.29 is 45.0 Å². The Morgan fingerprint density at radius 1 is 1.00 bits per heavy atom. The Bertz CT molecular complexity index is 1460. The van der Waals surface area contributed by atoms with Gasteiger partial charge in [0.25, 0.3) is 10.0 Å². The molecule has 0 amide bonds. The first kappa shape index (κ1) is 23.8. The molecule has 1 aliphatic heterocycles. The lowest BCUT2D eigenvalue weighted by atomic mass is 9.96. The zero-order valence-corrected chi connectivity index (χ0v) is 18.1. The number of fused-ring (bicyclic) bond motifs is 6. The number of hydrogen-bond acceptors (Lipinski definition) is 5. The van der Waals surface area contributed by atoms with E-state index in [4.69, 9.17) is 16.3 Å². The smallest absolute Gasteiger partial charge is 0.416 e. The molecule has 0 radical (unpaired) electrons. The van der Waals surface area contributed by atoms with Gasteiger partial charge in [-0.05, 0) is 41.5 Å². The molecule has 4 bridgehead atoms. The summed E-state index contributed by atoms with van der Waals surface area (Å²) < 4.78 is 101. The van der Waals surface area contributed by atoms with Gasteiger partial charge in [0.1, 0.15) is 23.1 Å². The minimum absolute atomic E-state index is 0.203. The average molecular weight is 520 g/mol. The van der Waals surface area contributed by atoms with Crippen LogP contribution in [0.25, 0.3) is 11.1 Å². The summed E-state index contributed by atoms with van der Waals surface area (Å²) in [5.74, 6) is -4.71. The lowest BCUT2D eigenvalue weighted by molar-refractivity contribution is -0.137. The number of carbonyl (C=O) groups excluding carboxylic acids is 1. The molecule has 2 N–H and O–H groups in total. The molecule has 0 atom stereocenters. The van der Waals surface area contributed by atoms with Gasteiger partial charge in [-0.25, -0.2) is 22.0 Å². The van der Waals surface area contributed by atoms with Crippen molar-refractivity contribution in [2.75, 3.05) is 4.72 Å². The number of halogens is 6. The van der Waals surface area contributed by atoms with Crippen molar-refractivity contribution >= 4 is 33.3 Å². The van der Waals surface area contributed by atoms with Gasteiger partial charge in [-0.3, -0.25) is 4.72 Å². The second kappa shape index (κ2) is 8.13. The van der Waals surface area contributed by atoms with E-state index in [1.54, 1.807) is 0 Å². The molecular formula is C21H11ClF5NO5S. The van der Waals surface area contributed by atoms with Crippen LogP contribution in [0.3, 0.4) is 0 Å². The molecule has 0 saturated carbocycles. The van der Waals surface area contributed by atoms with E-state index in [0.717, 1.165) is 18.2 Å². The number of phenolic OH excluding ortho intramolecular Hbond substituents is 1. The Hall–Kier alpha value is -3.38. The fourth-order valence-corrected chi connectivity index (χ4v) is 4.79. The molecule has 1 heterocycles. The Morgan fingerprint density at radius 3 is 2.38 bits per heavy atom. The van der Waals surface area contributed by atoms with Gasteiger partial charge in [0.15, 0.2) is 5.75 Å². The normalized spacial score (nSPS) is 15.2. The molecular weight excluding hydrogens is 509 g/mol. The largest absolute Gasteiger partial charge is 0.505 e. The number of anilines is 1. The summed E-state index contributed by atoms with van der Waals surface area (Å²) >= 11 is 5.82. The number of phenols is 1. The minimum atomic E-state index is -4.78. The van der Waals surface area contributed by atoms with Crippen LogP contribution in [0.4, 0.5) is 27.6 Å². The number of esters is 1. The van der Waals surface area contributed by atoms with Crippen LogP contribution in [0.2, 0.25) is 5.02 Å². The van der Waals surface area contributed by atoms with E-state index in [0.29, 0.717) is 24.3 Å². The fraction of sp³-hybridized carbons (Fsp3) is 0.0952. The minimum Gasteiger partial charge on any atom is -0.505 e. The van der Waals surface area contributed by atoms with Crippen LogP contribution >= 0.6 is 11.6 Å². The molecule has 0 fully saturated rings. The van der Waals surface area contributed by atoms with E-state index in [1.165, 1.54) is 0 Å². The molecule has 13 heteroatoms. The van der Waals surface area contributed by atoms with Crippen molar-refractivity contribution in [1.29, 1.82) is 0 Å². The summed E-state index contributed by atoms with van der Waals surface area (Å²) in [6.07, 6.45) is -4.78. The maximum Gasteiger partial charge on any atom is 0.416 e. The molecule has 178 valence electrons. The Balaban J connectivity index is 2.01. The molecule has 3 aromatic carbocycles. The molecule has 6 nitrogen and oxygen atoms in total. The number of alkyl halides is 3. The molecule has 0 aromatic heterocycles. The summed E-state index contributed by atoms with van der Waals surface area (Å²) in [5, 5.41) is 9.55. The third-order valence-corrected chi connectivity index (χ3v) is 6.60. The SMILES string of the molecule is O=C1OCc2cc(C(F)(F)F)ccc2-c2cc(c(F)cc2F)NS(=O)(=O)c2cc1cc(Cl)c2O. The van der Waals surface area contributed by atoms with Crippen molar-refractivity contribution in [1.82, 2.24) is 0 Å². The molecule has 1 aliphatic rings. The number of hydrogen-bond donors (Lipinski definition) is 2. The molecule has 4 rings (SSSR count). The summed E-state index contributed by atoms with van der Waals surface area (Å²) in [6.45, 7) is -0.780. The summed E-state index contributed by atoms with van der Waals surface area (Å²) in [6, 6.07) is 4.81. The first-order valence-electron chi connectivity index (χ1n) is 9.20. The van der Waals surface area contributed by atoms with Crippen LogP contribution in [0.5, 0.6) is 5.75 Å². The number of nitrogens with one attached hydrogen (secondary N) is 1. The third-order valence-electron chi connectivity index (χ3n) is 4.94. The van der Waals surface area contributed by atoms with Crippen LogP contribution in [0, 0.1) is 11.6 Å². The number of sulfonamides is 1. The number of cyclic esters (lactones) is 1. The molecule has 0 aliphatic carbocycles. The molecule has 3 aromatic rings. The van der Waals surface area contributed by atoms with Crippen molar-refractivity contribution in [2.45, 2.75) is 17.7 Å². The van der Waals surface area contributed by atoms with E-state index in [2.05, 4.69) is 0 Å². The van der Waals surface area contributed by atoms with E-state index in [1.807, 2.05) is 4.72 Å². The van der Waals surface area contributed by atoms with Crippen LogP contribution < -0.4 is 4.72 Å². The topological polar surface area (TPSA) is 92.7 Å². The predicted molar refractivity (Wildman–Crippen MR) is 110 cm³/mol. The standard InChI is InChI=1S/C21H11ClF5NO5S/c22-14-4-9-5-18(19(14)29)34(31,32)28-17-6-13(15(23)7-16(17)24)12-2-1-11(21(25,26)27)3-10(12)8-33-20(9)30/h1-7,28-29H,8H2. The van der Waals surface area contributed by atoms with Crippen molar-refractivity contribution in [3.8, 4) is 16.9 Å². The van der Waals surface area contributed by atoms with E-state index in [9.17, 15) is 40.3 Å². The Morgan fingerprint density at radius 2 is 1.71 bits per heavy atom. The van der Waals surface area contributed by atoms with Crippen molar-refractivity contribution in [2.24, 2.45) is 0 Å². The second-order valence-corrected chi connectivity index (χ2v) is 9.23. The zero-order valence-electron chi connectivity index (χ0n) is 16.5. The number of aromatic hydroxyl groups is 1. The fourth-order valence-electron chi connectivity index (χ4n) is 3.31. The number of rotatable bonds is 0. The van der Waals surface area contributed by atoms with Gasteiger partial charge in [0, 0.05) is 11.6 Å². The molecule has 0 unspecified atom stereocenters. The van der Waals surface area contributed by atoms with Crippen molar-refractivity contribution in [3.63, 3.8) is 0 Å². The van der Waals surface area contributed by atoms with Crippen LogP contribution in [-0.4, -0.2) is 19.5 Å². The number of carbonyl (C=O) groups is 1. The number of ether oxygens (including phenoxy) is 1. The van der Waals surface area contributed by atoms with E-state index < -0.39 is 78.5 Å². The van der Waals surface area contributed by atoms with Crippen LogP contribution in [0.1, 0.15) is 21.5 Å². The van der Waals surface area contributed by atoms with Crippen LogP contribution in [-0.2, 0) is 27.5 Å². The first-order valence-corrected chi connectivity index (χ1v) is 11.1. The zero-order chi connectivity index (χ0) is 25.0. The van der Waals surface area contributed by atoms with Gasteiger partial charge in [-0.2, -0.15) is 13.2 Å². The van der Waals surface area contributed by atoms with Gasteiger partial charge < -0.3 is 9.84 Å². The average Bonchev–Trinajstić information content (AvgIpc) is 2.74. The highest BCUT2D eigenvalue weighted by Crippen LogP contribution is 2.38. The third kappa shape index (κ3) is 4.26. The summed E-state index contributed by atoms with van der Waals surface area (Å²) in [4.78, 5) is 11.6. The lowest BCUT2D eigenvalue weighted by Crippen LogP contribution is -2.15. The predicted octanol–water partition coefficient (Wildman–Crippen LogP) is 5.48. The first-order chi connectivity index (χ1) is 15.8. The quantitative estimate of drug-likeness (QED) is 0.303. The second-order valence-electron chi connectivity index (χ2n) is 7.17. The molecule has 34 heavy (non-hydrogen) atoms. The maximum absolute atomic E-state index is 14.7. The highest BCUT2D eigenvalue weighted by atomic mass is 35.5. The summed E-state index contributed by atoms with van der Waals surface area (Å²) in [7, 11) is -4.78. The van der Waals surface area contributed by atoms with Gasteiger partial charge in [0.2, 0.25) is 0 Å². The van der Waals surface area contributed by atoms with Gasteiger partial charge in [-0.1, -0.05) is 17.7 Å². The molecule has 0 saturated heterocycles. The van der Waals surface area contributed by atoms with Gasteiger partial charge in [0.05, 0.1) is 21.8 Å². The highest BCUT2D eigenvalue weighted by Gasteiger charge is 2.32. The van der Waals surface area contributed by atoms with Crippen molar-refractivity contribution in [3.05, 3.63) is 75.8 Å². The van der Waals surface area contributed by atoms with Gasteiger partial charge in [-0.15, -0.1) is 0 Å². The van der Waals surface area contributed by atoms with E-state index >= 15 is 0 Å². The molecule has 0 spiro atoms. The van der Waals surface area contributed by atoms with Gasteiger partial charge >= 0.3 is 12.1 Å². The summed E-state index contributed by atoms with van der Waals surface area (Å²) in [5.41, 5.74) is -3.31. The monoisotopic (exact) mass is 519 g/mol. The lowest BCUT2D eigenvalue weighted by Gasteiger charge is -2.16.